The van der Waals surface area contributed by atoms with Crippen LogP contribution in [0.5, 0.6) is 5.75 Å². The number of aryl methyl sites for hydroxylation is 2. The van der Waals surface area contributed by atoms with Crippen molar-refractivity contribution < 1.29 is 4.74 Å². The largest absolute Gasteiger partial charge is 0.491 e. The molecule has 8 heteroatoms. The SMILES string of the molecule is Cc1ccc(-n2nnnc2SCCOc2ccc(Cl)cc2Cl)c(C)c1. The van der Waals surface area contributed by atoms with E-state index in [0.29, 0.717) is 28.2 Å². The summed E-state index contributed by atoms with van der Waals surface area (Å²) in [4.78, 5) is 0. The van der Waals surface area contributed by atoms with Crippen LogP contribution in [0.3, 0.4) is 0 Å². The van der Waals surface area contributed by atoms with Crippen molar-refractivity contribution in [2.24, 2.45) is 0 Å². The third-order valence-corrected chi connectivity index (χ3v) is 4.90. The summed E-state index contributed by atoms with van der Waals surface area (Å²) in [6.45, 7) is 4.58. The lowest BCUT2D eigenvalue weighted by Crippen LogP contribution is -2.05. The lowest BCUT2D eigenvalue weighted by molar-refractivity contribution is 0.344. The lowest BCUT2D eigenvalue weighted by atomic mass is 10.1. The van der Waals surface area contributed by atoms with E-state index in [9.17, 15) is 0 Å². The molecule has 130 valence electrons. The van der Waals surface area contributed by atoms with E-state index in [0.717, 1.165) is 16.4 Å². The first-order valence-electron chi connectivity index (χ1n) is 7.61. The lowest BCUT2D eigenvalue weighted by Gasteiger charge is -2.09. The van der Waals surface area contributed by atoms with Gasteiger partial charge in [0.2, 0.25) is 5.16 Å². The van der Waals surface area contributed by atoms with Crippen molar-refractivity contribution in [3.63, 3.8) is 0 Å². The average Bonchev–Trinajstić information content (AvgIpc) is 3.01. The van der Waals surface area contributed by atoms with Crippen molar-refractivity contribution in [1.29, 1.82) is 0 Å². The normalized spacial score (nSPS) is 10.9. The highest BCUT2D eigenvalue weighted by Crippen LogP contribution is 2.28. The zero-order chi connectivity index (χ0) is 17.8. The molecule has 0 aliphatic heterocycles. The molecular weight excluding hydrogens is 379 g/mol. The molecule has 2 aromatic carbocycles. The van der Waals surface area contributed by atoms with Crippen molar-refractivity contribution in [3.05, 3.63) is 57.6 Å². The van der Waals surface area contributed by atoms with Crippen molar-refractivity contribution in [2.75, 3.05) is 12.4 Å². The van der Waals surface area contributed by atoms with Crippen molar-refractivity contribution >= 4 is 35.0 Å². The molecule has 0 spiro atoms. The molecule has 0 N–H and O–H groups in total. The van der Waals surface area contributed by atoms with Gasteiger partial charge >= 0.3 is 0 Å². The Morgan fingerprint density at radius 2 is 1.96 bits per heavy atom. The molecule has 1 aromatic heterocycles. The van der Waals surface area contributed by atoms with Crippen LogP contribution in [0.1, 0.15) is 11.1 Å². The summed E-state index contributed by atoms with van der Waals surface area (Å²) in [6, 6.07) is 11.3. The van der Waals surface area contributed by atoms with E-state index >= 15 is 0 Å². The Labute approximate surface area is 160 Å². The van der Waals surface area contributed by atoms with Crippen LogP contribution in [0.2, 0.25) is 10.0 Å². The Hall–Kier alpha value is -1.76. The number of tetrazole rings is 1. The summed E-state index contributed by atoms with van der Waals surface area (Å²) in [5.74, 6) is 1.30. The van der Waals surface area contributed by atoms with Crippen LogP contribution < -0.4 is 4.74 Å². The van der Waals surface area contributed by atoms with Crippen molar-refractivity contribution in [1.82, 2.24) is 20.2 Å². The van der Waals surface area contributed by atoms with Gasteiger partial charge in [-0.1, -0.05) is 52.7 Å². The van der Waals surface area contributed by atoms with Crippen LogP contribution >= 0.6 is 35.0 Å². The monoisotopic (exact) mass is 394 g/mol. The van der Waals surface area contributed by atoms with Gasteiger partial charge in [0.25, 0.3) is 0 Å². The average molecular weight is 395 g/mol. The second-order valence-electron chi connectivity index (χ2n) is 5.43. The molecule has 3 aromatic rings. The first kappa shape index (κ1) is 18.0. The van der Waals surface area contributed by atoms with Gasteiger partial charge in [-0.25, -0.2) is 0 Å². The fourth-order valence-electron chi connectivity index (χ4n) is 2.34. The third-order valence-electron chi connectivity index (χ3n) is 3.49. The summed E-state index contributed by atoms with van der Waals surface area (Å²) < 4.78 is 7.43. The van der Waals surface area contributed by atoms with E-state index in [-0.39, 0.29) is 0 Å². The number of hydrogen-bond donors (Lipinski definition) is 0. The topological polar surface area (TPSA) is 52.8 Å². The summed E-state index contributed by atoms with van der Waals surface area (Å²) in [5, 5.41) is 13.8. The van der Waals surface area contributed by atoms with Crippen LogP contribution in [0.4, 0.5) is 0 Å². The number of aromatic nitrogens is 4. The first-order chi connectivity index (χ1) is 12.0. The molecule has 0 saturated heterocycles. The highest BCUT2D eigenvalue weighted by molar-refractivity contribution is 7.99. The molecule has 0 atom stereocenters. The molecule has 5 nitrogen and oxygen atoms in total. The van der Waals surface area contributed by atoms with Crippen molar-refractivity contribution in [2.45, 2.75) is 19.0 Å². The van der Waals surface area contributed by atoms with Gasteiger partial charge in [-0.3, -0.25) is 0 Å². The Morgan fingerprint density at radius 1 is 1.12 bits per heavy atom. The molecule has 0 saturated carbocycles. The van der Waals surface area contributed by atoms with Crippen LogP contribution in [0, 0.1) is 13.8 Å². The molecule has 25 heavy (non-hydrogen) atoms. The molecule has 0 bridgehead atoms. The predicted octanol–water partition coefficient (Wildman–Crippen LogP) is 4.76. The highest BCUT2D eigenvalue weighted by Gasteiger charge is 2.11. The van der Waals surface area contributed by atoms with Crippen LogP contribution in [-0.2, 0) is 0 Å². The molecule has 0 radical (unpaired) electrons. The molecule has 0 aliphatic carbocycles. The zero-order valence-electron chi connectivity index (χ0n) is 13.7. The smallest absolute Gasteiger partial charge is 0.214 e. The number of halogens is 2. The van der Waals surface area contributed by atoms with E-state index in [1.54, 1.807) is 22.9 Å². The number of thioether (sulfide) groups is 1. The van der Waals surface area contributed by atoms with Gasteiger partial charge in [0, 0.05) is 10.8 Å². The van der Waals surface area contributed by atoms with Gasteiger partial charge in [0.05, 0.1) is 17.3 Å². The fourth-order valence-corrected chi connectivity index (χ4v) is 3.50. The van der Waals surface area contributed by atoms with E-state index in [2.05, 4.69) is 28.5 Å². The minimum absolute atomic E-state index is 0.478. The molecule has 0 aliphatic rings. The van der Waals surface area contributed by atoms with E-state index in [1.165, 1.54) is 17.3 Å². The maximum atomic E-state index is 6.09. The standard InChI is InChI=1S/C17H16Cl2N4OS/c1-11-3-5-15(12(2)9-11)23-17(20-21-22-23)25-8-7-24-16-6-4-13(18)10-14(16)19/h3-6,9-10H,7-8H2,1-2H3. The maximum absolute atomic E-state index is 6.09. The van der Waals surface area contributed by atoms with E-state index in [1.807, 2.05) is 19.1 Å². The Kier molecular flexibility index (Phi) is 5.83. The molecule has 3 rings (SSSR count). The van der Waals surface area contributed by atoms with Gasteiger partial charge in [0.1, 0.15) is 5.75 Å². The summed E-state index contributed by atoms with van der Waals surface area (Å²) in [6.07, 6.45) is 0. The number of benzene rings is 2. The number of rotatable bonds is 6. The Morgan fingerprint density at radius 3 is 2.72 bits per heavy atom. The van der Waals surface area contributed by atoms with Gasteiger partial charge in [-0.15, -0.1) is 5.10 Å². The van der Waals surface area contributed by atoms with Gasteiger partial charge < -0.3 is 4.74 Å². The van der Waals surface area contributed by atoms with Gasteiger partial charge in [-0.05, 0) is 54.1 Å². The number of nitrogens with zero attached hydrogens (tertiary/aromatic N) is 4. The second-order valence-corrected chi connectivity index (χ2v) is 7.34. The van der Waals surface area contributed by atoms with E-state index < -0.39 is 0 Å². The molecule has 0 unspecified atom stereocenters. The quantitative estimate of drug-likeness (QED) is 0.445. The maximum Gasteiger partial charge on any atom is 0.214 e. The zero-order valence-corrected chi connectivity index (χ0v) is 16.1. The second kappa shape index (κ2) is 8.08. The first-order valence-corrected chi connectivity index (χ1v) is 9.35. The number of ether oxygens (including phenoxy) is 1. The van der Waals surface area contributed by atoms with Crippen molar-refractivity contribution in [3.8, 4) is 11.4 Å². The number of hydrogen-bond acceptors (Lipinski definition) is 5. The minimum atomic E-state index is 0.478. The Balaban J connectivity index is 1.62. The molecule has 1 heterocycles. The van der Waals surface area contributed by atoms with Gasteiger partial charge in [-0.2, -0.15) is 4.68 Å². The van der Waals surface area contributed by atoms with Gasteiger partial charge in [0.15, 0.2) is 0 Å². The summed E-state index contributed by atoms with van der Waals surface area (Å²) in [7, 11) is 0. The molecule has 0 fully saturated rings. The van der Waals surface area contributed by atoms with E-state index in [4.69, 9.17) is 27.9 Å². The van der Waals surface area contributed by atoms with Crippen LogP contribution in [-0.4, -0.2) is 32.6 Å². The Bertz CT molecular complexity index is 885. The molecule has 0 amide bonds. The minimum Gasteiger partial charge on any atom is -0.491 e. The highest BCUT2D eigenvalue weighted by atomic mass is 35.5. The van der Waals surface area contributed by atoms with Crippen LogP contribution in [0.15, 0.2) is 41.6 Å². The molecular formula is C17H16Cl2N4OS. The van der Waals surface area contributed by atoms with Crippen LogP contribution in [0.25, 0.3) is 5.69 Å². The third kappa shape index (κ3) is 4.45. The summed E-state index contributed by atoms with van der Waals surface area (Å²) in [5.41, 5.74) is 3.30. The summed E-state index contributed by atoms with van der Waals surface area (Å²) >= 11 is 13.5. The predicted molar refractivity (Wildman–Crippen MR) is 101 cm³/mol. The fraction of sp³-hybridized carbons (Fsp3) is 0.235.